The molecule has 0 saturated carbocycles. The molecular formula is C13H18O4. The van der Waals surface area contributed by atoms with Crippen LogP contribution in [0.5, 0.6) is 5.75 Å². The molecule has 1 rings (SSSR count). The van der Waals surface area contributed by atoms with E-state index in [1.54, 1.807) is 7.11 Å². The summed E-state index contributed by atoms with van der Waals surface area (Å²) in [5, 5.41) is 9.07. The highest BCUT2D eigenvalue weighted by Gasteiger charge is 2.17. The Labute approximate surface area is 101 Å². The number of hydrogen-bond acceptors (Lipinski definition) is 4. The van der Waals surface area contributed by atoms with Gasteiger partial charge in [0.15, 0.2) is 0 Å². The first kappa shape index (κ1) is 13.5. The molecule has 0 aliphatic heterocycles. The van der Waals surface area contributed by atoms with Crippen molar-refractivity contribution in [3.8, 4) is 5.75 Å². The van der Waals surface area contributed by atoms with E-state index >= 15 is 0 Å². The number of esters is 1. The first-order valence-corrected chi connectivity index (χ1v) is 5.53. The van der Waals surface area contributed by atoms with Crippen molar-refractivity contribution in [1.82, 2.24) is 0 Å². The van der Waals surface area contributed by atoms with Gasteiger partial charge in [0.05, 0.1) is 26.7 Å². The van der Waals surface area contributed by atoms with E-state index < -0.39 is 5.92 Å². The Balaban J connectivity index is 2.50. The van der Waals surface area contributed by atoms with Gasteiger partial charge in [-0.05, 0) is 30.5 Å². The largest absolute Gasteiger partial charge is 0.497 e. The van der Waals surface area contributed by atoms with E-state index in [9.17, 15) is 4.79 Å². The van der Waals surface area contributed by atoms with Gasteiger partial charge in [-0.2, -0.15) is 0 Å². The van der Waals surface area contributed by atoms with Crippen LogP contribution in [0, 0.1) is 5.92 Å². The van der Waals surface area contributed by atoms with E-state index in [0.29, 0.717) is 6.42 Å². The Morgan fingerprint density at radius 2 is 1.94 bits per heavy atom. The second-order valence-corrected chi connectivity index (χ2v) is 3.79. The molecule has 1 aromatic rings. The third-order valence-corrected chi connectivity index (χ3v) is 2.70. The number of rotatable bonds is 6. The lowest BCUT2D eigenvalue weighted by Gasteiger charge is -2.11. The van der Waals surface area contributed by atoms with Crippen LogP contribution in [0.15, 0.2) is 24.3 Å². The summed E-state index contributed by atoms with van der Waals surface area (Å²) in [6.07, 6.45) is 1.31. The Bertz CT molecular complexity index is 345. The monoisotopic (exact) mass is 238 g/mol. The first-order valence-electron chi connectivity index (χ1n) is 5.53. The summed E-state index contributed by atoms with van der Waals surface area (Å²) in [7, 11) is 2.95. The number of hydrogen-bond donors (Lipinski definition) is 1. The van der Waals surface area contributed by atoms with Crippen molar-refractivity contribution in [2.24, 2.45) is 5.92 Å². The third-order valence-electron chi connectivity index (χ3n) is 2.70. The highest BCUT2D eigenvalue weighted by atomic mass is 16.5. The Morgan fingerprint density at radius 3 is 2.41 bits per heavy atom. The van der Waals surface area contributed by atoms with Crippen molar-refractivity contribution in [2.75, 3.05) is 20.8 Å². The molecule has 0 aromatic heterocycles. The van der Waals surface area contributed by atoms with E-state index in [1.807, 2.05) is 24.3 Å². The normalized spacial score (nSPS) is 11.9. The zero-order valence-corrected chi connectivity index (χ0v) is 10.2. The molecule has 1 aromatic carbocycles. The van der Waals surface area contributed by atoms with Gasteiger partial charge < -0.3 is 14.6 Å². The minimum atomic E-state index is -0.442. The summed E-state index contributed by atoms with van der Waals surface area (Å²) >= 11 is 0. The smallest absolute Gasteiger partial charge is 0.311 e. The van der Waals surface area contributed by atoms with Crippen LogP contribution in [0.3, 0.4) is 0 Å². The zero-order valence-electron chi connectivity index (χ0n) is 10.2. The van der Waals surface area contributed by atoms with Gasteiger partial charge >= 0.3 is 5.97 Å². The number of ether oxygens (including phenoxy) is 2. The average molecular weight is 238 g/mol. The van der Waals surface area contributed by atoms with E-state index in [1.165, 1.54) is 7.11 Å². The van der Waals surface area contributed by atoms with Crippen LogP contribution in [0.4, 0.5) is 0 Å². The number of carbonyl (C=O) groups excluding carboxylic acids is 1. The fraction of sp³-hybridized carbons (Fsp3) is 0.462. The highest BCUT2D eigenvalue weighted by Crippen LogP contribution is 2.15. The van der Waals surface area contributed by atoms with Crippen LogP contribution < -0.4 is 4.74 Å². The molecule has 1 atom stereocenters. The van der Waals surface area contributed by atoms with Crippen molar-refractivity contribution < 1.29 is 19.4 Å². The van der Waals surface area contributed by atoms with Crippen LogP contribution in [-0.4, -0.2) is 31.9 Å². The second kappa shape index (κ2) is 6.91. The molecule has 94 valence electrons. The van der Waals surface area contributed by atoms with Gasteiger partial charge in [0.2, 0.25) is 0 Å². The number of carbonyl (C=O) groups is 1. The molecule has 0 amide bonds. The van der Waals surface area contributed by atoms with Gasteiger partial charge in [-0.15, -0.1) is 0 Å². The number of aryl methyl sites for hydroxylation is 1. The molecule has 4 heteroatoms. The molecule has 17 heavy (non-hydrogen) atoms. The molecule has 0 radical (unpaired) electrons. The minimum absolute atomic E-state index is 0.178. The lowest BCUT2D eigenvalue weighted by atomic mass is 10.0. The molecule has 4 nitrogen and oxygen atoms in total. The summed E-state index contributed by atoms with van der Waals surface area (Å²) in [6, 6.07) is 7.65. The Morgan fingerprint density at radius 1 is 1.29 bits per heavy atom. The summed E-state index contributed by atoms with van der Waals surface area (Å²) in [4.78, 5) is 11.3. The molecule has 0 fully saturated rings. The van der Waals surface area contributed by atoms with Crippen molar-refractivity contribution in [2.45, 2.75) is 12.8 Å². The topological polar surface area (TPSA) is 55.8 Å². The van der Waals surface area contributed by atoms with Crippen molar-refractivity contribution in [3.05, 3.63) is 29.8 Å². The minimum Gasteiger partial charge on any atom is -0.497 e. The van der Waals surface area contributed by atoms with Crippen LogP contribution >= 0.6 is 0 Å². The fourth-order valence-electron chi connectivity index (χ4n) is 1.58. The quantitative estimate of drug-likeness (QED) is 0.761. The van der Waals surface area contributed by atoms with Gasteiger partial charge in [0.1, 0.15) is 5.75 Å². The SMILES string of the molecule is COC(=O)C(CO)CCc1ccc(OC)cc1. The molecule has 1 N–H and O–H groups in total. The molecule has 0 spiro atoms. The average Bonchev–Trinajstić information content (AvgIpc) is 2.39. The van der Waals surface area contributed by atoms with Gasteiger partial charge in [-0.1, -0.05) is 12.1 Å². The van der Waals surface area contributed by atoms with Crippen molar-refractivity contribution in [3.63, 3.8) is 0 Å². The number of benzene rings is 1. The van der Waals surface area contributed by atoms with E-state index in [-0.39, 0.29) is 12.6 Å². The summed E-state index contributed by atoms with van der Waals surface area (Å²) in [5.74, 6) is 0.00328. The maximum Gasteiger partial charge on any atom is 0.311 e. The lowest BCUT2D eigenvalue weighted by Crippen LogP contribution is -2.20. The predicted octanol–water partition coefficient (Wildman–Crippen LogP) is 1.41. The van der Waals surface area contributed by atoms with Crippen LogP contribution in [0.2, 0.25) is 0 Å². The van der Waals surface area contributed by atoms with E-state index in [4.69, 9.17) is 9.84 Å². The Hall–Kier alpha value is -1.55. The lowest BCUT2D eigenvalue weighted by molar-refractivity contribution is -0.147. The van der Waals surface area contributed by atoms with Gasteiger partial charge in [0.25, 0.3) is 0 Å². The van der Waals surface area contributed by atoms with E-state index in [2.05, 4.69) is 4.74 Å². The van der Waals surface area contributed by atoms with Gasteiger partial charge in [-0.3, -0.25) is 4.79 Å². The van der Waals surface area contributed by atoms with Crippen LogP contribution in [0.25, 0.3) is 0 Å². The molecule has 1 unspecified atom stereocenters. The number of methoxy groups -OCH3 is 2. The van der Waals surface area contributed by atoms with Crippen molar-refractivity contribution >= 4 is 5.97 Å². The summed E-state index contributed by atoms with van der Waals surface area (Å²) < 4.78 is 9.67. The summed E-state index contributed by atoms with van der Waals surface area (Å²) in [5.41, 5.74) is 1.10. The fourth-order valence-corrected chi connectivity index (χ4v) is 1.58. The number of aliphatic hydroxyl groups excluding tert-OH is 1. The molecule has 0 bridgehead atoms. The molecular weight excluding hydrogens is 220 g/mol. The van der Waals surface area contributed by atoms with Crippen molar-refractivity contribution in [1.29, 1.82) is 0 Å². The third kappa shape index (κ3) is 4.07. The second-order valence-electron chi connectivity index (χ2n) is 3.79. The Kier molecular flexibility index (Phi) is 5.49. The zero-order chi connectivity index (χ0) is 12.7. The maximum absolute atomic E-state index is 11.3. The van der Waals surface area contributed by atoms with Gasteiger partial charge in [-0.25, -0.2) is 0 Å². The molecule has 0 aliphatic rings. The predicted molar refractivity (Wildman–Crippen MR) is 63.9 cm³/mol. The van der Waals surface area contributed by atoms with E-state index in [0.717, 1.165) is 17.7 Å². The first-order chi connectivity index (χ1) is 8.21. The molecule has 0 aliphatic carbocycles. The number of aliphatic hydroxyl groups is 1. The van der Waals surface area contributed by atoms with Gasteiger partial charge in [0, 0.05) is 0 Å². The summed E-state index contributed by atoms with van der Waals surface area (Å²) in [6.45, 7) is -0.178. The molecule has 0 saturated heterocycles. The molecule has 0 heterocycles. The highest BCUT2D eigenvalue weighted by molar-refractivity contribution is 5.72. The van der Waals surface area contributed by atoms with Crippen LogP contribution in [-0.2, 0) is 16.0 Å². The van der Waals surface area contributed by atoms with Crippen LogP contribution in [0.1, 0.15) is 12.0 Å². The maximum atomic E-state index is 11.3. The standard InChI is InChI=1S/C13H18O4/c1-16-12-7-4-10(5-8-12)3-6-11(9-14)13(15)17-2/h4-5,7-8,11,14H,3,6,9H2,1-2H3.